The first-order valence-corrected chi connectivity index (χ1v) is 5.22. The fraction of sp³-hybridized carbons (Fsp3) is 0.909. The summed E-state index contributed by atoms with van der Waals surface area (Å²) in [7, 11) is 0. The Balaban J connectivity index is 4.09. The molecule has 1 unspecified atom stereocenters. The maximum Gasteiger partial charge on any atom is 0.309 e. The van der Waals surface area contributed by atoms with Gasteiger partial charge in [0.2, 0.25) is 0 Å². The molecule has 4 nitrogen and oxygen atoms in total. The predicted molar refractivity (Wildman–Crippen MR) is 57.3 cm³/mol. The highest BCUT2D eigenvalue weighted by Gasteiger charge is 2.24. The molecular weight excluding hydrogens is 196 g/mol. The maximum atomic E-state index is 11.5. The van der Waals surface area contributed by atoms with E-state index in [1.54, 1.807) is 6.92 Å². The van der Waals surface area contributed by atoms with E-state index in [0.29, 0.717) is 0 Å². The molecule has 90 valence electrons. The molecule has 0 aromatic rings. The molecule has 0 rings (SSSR count). The monoisotopic (exact) mass is 218 g/mol. The molecule has 0 saturated heterocycles. The molecular formula is C11H22O4. The second-order valence-electron chi connectivity index (χ2n) is 5.09. The smallest absolute Gasteiger partial charge is 0.309 e. The van der Waals surface area contributed by atoms with Crippen molar-refractivity contribution in [2.45, 2.75) is 40.2 Å². The van der Waals surface area contributed by atoms with Crippen LogP contribution in [-0.2, 0) is 9.53 Å². The number of aliphatic hydroxyl groups is 2. The fourth-order valence-corrected chi connectivity index (χ4v) is 1.41. The van der Waals surface area contributed by atoms with E-state index in [9.17, 15) is 4.79 Å². The summed E-state index contributed by atoms with van der Waals surface area (Å²) in [5, 5.41) is 17.5. The van der Waals surface area contributed by atoms with Crippen LogP contribution in [0.1, 0.15) is 34.1 Å². The third-order valence-corrected chi connectivity index (χ3v) is 2.01. The van der Waals surface area contributed by atoms with Crippen LogP contribution < -0.4 is 0 Å². The summed E-state index contributed by atoms with van der Waals surface area (Å²) < 4.78 is 4.92. The van der Waals surface area contributed by atoms with Crippen LogP contribution >= 0.6 is 0 Å². The topological polar surface area (TPSA) is 66.8 Å². The first kappa shape index (κ1) is 14.4. The Morgan fingerprint density at radius 3 is 2.07 bits per heavy atom. The summed E-state index contributed by atoms with van der Waals surface area (Å²) in [4.78, 5) is 11.5. The molecule has 0 aliphatic rings. The van der Waals surface area contributed by atoms with Crippen LogP contribution in [0, 0.1) is 11.3 Å². The van der Waals surface area contributed by atoms with Crippen molar-refractivity contribution in [3.63, 3.8) is 0 Å². The molecule has 0 spiro atoms. The normalized spacial score (nSPS) is 14.1. The number of rotatable bonds is 5. The molecule has 0 saturated carbocycles. The van der Waals surface area contributed by atoms with Crippen LogP contribution in [0.4, 0.5) is 0 Å². The third kappa shape index (κ3) is 6.47. The molecule has 0 aromatic heterocycles. The van der Waals surface area contributed by atoms with Crippen molar-refractivity contribution in [3.8, 4) is 0 Å². The molecule has 2 N–H and O–H groups in total. The zero-order chi connectivity index (χ0) is 12.1. The van der Waals surface area contributed by atoms with Gasteiger partial charge in [-0.05, 0) is 11.8 Å². The van der Waals surface area contributed by atoms with Crippen molar-refractivity contribution in [2.24, 2.45) is 11.3 Å². The SMILES string of the molecule is CC(CC(C)(C)C)C(=O)OC(CO)CO. The highest BCUT2D eigenvalue weighted by Crippen LogP contribution is 2.24. The van der Waals surface area contributed by atoms with E-state index in [2.05, 4.69) is 0 Å². The van der Waals surface area contributed by atoms with Gasteiger partial charge in [0, 0.05) is 0 Å². The van der Waals surface area contributed by atoms with Gasteiger partial charge < -0.3 is 14.9 Å². The number of carbonyl (C=O) groups is 1. The van der Waals surface area contributed by atoms with Gasteiger partial charge in [0.1, 0.15) is 6.10 Å². The Hall–Kier alpha value is -0.610. The lowest BCUT2D eigenvalue weighted by Gasteiger charge is -2.23. The third-order valence-electron chi connectivity index (χ3n) is 2.01. The van der Waals surface area contributed by atoms with E-state index in [1.165, 1.54) is 0 Å². The van der Waals surface area contributed by atoms with Crippen LogP contribution in [0.15, 0.2) is 0 Å². The van der Waals surface area contributed by atoms with E-state index in [1.807, 2.05) is 20.8 Å². The Morgan fingerprint density at radius 1 is 1.27 bits per heavy atom. The predicted octanol–water partition coefficient (Wildman–Crippen LogP) is 0.955. The van der Waals surface area contributed by atoms with Crippen molar-refractivity contribution >= 4 is 5.97 Å². The number of hydrogen-bond donors (Lipinski definition) is 2. The molecule has 0 aliphatic heterocycles. The van der Waals surface area contributed by atoms with Crippen LogP contribution in [0.3, 0.4) is 0 Å². The summed E-state index contributed by atoms with van der Waals surface area (Å²) in [6.07, 6.45) is -0.0741. The number of carbonyl (C=O) groups excluding carboxylic acids is 1. The molecule has 0 aliphatic carbocycles. The minimum Gasteiger partial charge on any atom is -0.457 e. The lowest BCUT2D eigenvalue weighted by Crippen LogP contribution is -2.30. The van der Waals surface area contributed by atoms with Gasteiger partial charge in [-0.15, -0.1) is 0 Å². The van der Waals surface area contributed by atoms with Crippen LogP contribution in [0.2, 0.25) is 0 Å². The van der Waals surface area contributed by atoms with E-state index in [4.69, 9.17) is 14.9 Å². The lowest BCUT2D eigenvalue weighted by atomic mass is 9.85. The fourth-order valence-electron chi connectivity index (χ4n) is 1.41. The first-order chi connectivity index (χ1) is 6.80. The molecule has 0 bridgehead atoms. The van der Waals surface area contributed by atoms with Gasteiger partial charge in [-0.25, -0.2) is 0 Å². The second-order valence-corrected chi connectivity index (χ2v) is 5.09. The standard InChI is InChI=1S/C11H22O4/c1-8(5-11(2,3)4)10(14)15-9(6-12)7-13/h8-9,12-13H,5-7H2,1-4H3. The average Bonchev–Trinajstić information content (AvgIpc) is 2.10. The second kappa shape index (κ2) is 6.08. The summed E-state index contributed by atoms with van der Waals surface area (Å²) in [6.45, 7) is 7.25. The van der Waals surface area contributed by atoms with Crippen LogP contribution in [0.5, 0.6) is 0 Å². The average molecular weight is 218 g/mol. The number of aliphatic hydroxyl groups excluding tert-OH is 2. The lowest BCUT2D eigenvalue weighted by molar-refractivity contribution is -0.158. The summed E-state index contributed by atoms with van der Waals surface area (Å²) in [6, 6.07) is 0. The quantitative estimate of drug-likeness (QED) is 0.674. The van der Waals surface area contributed by atoms with Gasteiger partial charge in [-0.1, -0.05) is 27.7 Å². The first-order valence-electron chi connectivity index (χ1n) is 5.22. The van der Waals surface area contributed by atoms with E-state index in [0.717, 1.165) is 6.42 Å². The van der Waals surface area contributed by atoms with Crippen molar-refractivity contribution in [1.82, 2.24) is 0 Å². The molecule has 0 radical (unpaired) electrons. The molecule has 4 heteroatoms. The molecule has 1 atom stereocenters. The molecule has 15 heavy (non-hydrogen) atoms. The molecule has 0 aromatic carbocycles. The van der Waals surface area contributed by atoms with E-state index >= 15 is 0 Å². The molecule has 0 fully saturated rings. The highest BCUT2D eigenvalue weighted by atomic mass is 16.6. The summed E-state index contributed by atoms with van der Waals surface area (Å²) >= 11 is 0. The van der Waals surface area contributed by atoms with Crippen molar-refractivity contribution in [3.05, 3.63) is 0 Å². The van der Waals surface area contributed by atoms with Gasteiger partial charge in [0.25, 0.3) is 0 Å². The molecule has 0 amide bonds. The van der Waals surface area contributed by atoms with Crippen molar-refractivity contribution in [2.75, 3.05) is 13.2 Å². The highest BCUT2D eigenvalue weighted by molar-refractivity contribution is 5.72. The molecule has 0 heterocycles. The maximum absolute atomic E-state index is 11.5. The number of ether oxygens (including phenoxy) is 1. The minimum absolute atomic E-state index is 0.0619. The van der Waals surface area contributed by atoms with E-state index < -0.39 is 6.10 Å². The van der Waals surface area contributed by atoms with Gasteiger partial charge in [0.15, 0.2) is 0 Å². The van der Waals surface area contributed by atoms with Crippen molar-refractivity contribution < 1.29 is 19.7 Å². The van der Waals surface area contributed by atoms with Gasteiger partial charge >= 0.3 is 5.97 Å². The van der Waals surface area contributed by atoms with E-state index in [-0.39, 0.29) is 30.5 Å². The van der Waals surface area contributed by atoms with Gasteiger partial charge in [-0.2, -0.15) is 0 Å². The Morgan fingerprint density at radius 2 is 1.73 bits per heavy atom. The Bertz CT molecular complexity index is 191. The zero-order valence-electron chi connectivity index (χ0n) is 9.99. The Labute approximate surface area is 91.3 Å². The van der Waals surface area contributed by atoms with Crippen LogP contribution in [0.25, 0.3) is 0 Å². The summed E-state index contributed by atoms with van der Waals surface area (Å²) in [5.41, 5.74) is 0.0619. The van der Waals surface area contributed by atoms with Crippen molar-refractivity contribution in [1.29, 1.82) is 0 Å². The zero-order valence-corrected chi connectivity index (χ0v) is 9.99. The van der Waals surface area contributed by atoms with Gasteiger partial charge in [-0.3, -0.25) is 4.79 Å². The minimum atomic E-state index is -0.792. The van der Waals surface area contributed by atoms with Gasteiger partial charge in [0.05, 0.1) is 19.1 Å². The number of hydrogen-bond acceptors (Lipinski definition) is 4. The number of esters is 1. The Kier molecular flexibility index (Phi) is 5.83. The largest absolute Gasteiger partial charge is 0.457 e. The van der Waals surface area contributed by atoms with Crippen LogP contribution in [-0.4, -0.2) is 35.5 Å². The summed E-state index contributed by atoms with van der Waals surface area (Å²) in [5.74, 6) is -0.580.